The average Bonchev–Trinajstić information content (AvgIpc) is 2.89. The van der Waals surface area contributed by atoms with Crippen LogP contribution in [0.5, 0.6) is 0 Å². The molecule has 2 aliphatic carbocycles. The van der Waals surface area contributed by atoms with E-state index in [4.69, 9.17) is 10.3 Å². The third-order valence-corrected chi connectivity index (χ3v) is 4.99. The van der Waals surface area contributed by atoms with Gasteiger partial charge < -0.3 is 10.3 Å². The van der Waals surface area contributed by atoms with Crippen molar-refractivity contribution in [3.05, 3.63) is 11.7 Å². The van der Waals surface area contributed by atoms with Gasteiger partial charge in [-0.15, -0.1) is 0 Å². The van der Waals surface area contributed by atoms with Crippen molar-refractivity contribution in [1.29, 1.82) is 0 Å². The molecule has 0 amide bonds. The molecule has 0 bridgehead atoms. The first-order valence-electron chi connectivity index (χ1n) is 7.89. The SMILES string of the molecule is CC1CCCC(N)(c2noc(C3CCC(F)(F)CC3)n2)C1. The minimum atomic E-state index is -2.53. The second-order valence-corrected chi connectivity index (χ2v) is 6.94. The highest BCUT2D eigenvalue weighted by molar-refractivity contribution is 5.08. The average molecular weight is 299 g/mol. The van der Waals surface area contributed by atoms with Crippen LogP contribution >= 0.6 is 0 Å². The van der Waals surface area contributed by atoms with Crippen LogP contribution in [0.25, 0.3) is 0 Å². The Labute approximate surface area is 123 Å². The second kappa shape index (κ2) is 5.30. The Morgan fingerprint density at radius 2 is 1.90 bits per heavy atom. The van der Waals surface area contributed by atoms with Crippen molar-refractivity contribution in [3.8, 4) is 0 Å². The summed E-state index contributed by atoms with van der Waals surface area (Å²) in [5, 5.41) is 4.06. The van der Waals surface area contributed by atoms with E-state index in [-0.39, 0.29) is 18.8 Å². The fourth-order valence-corrected chi connectivity index (χ4v) is 3.69. The van der Waals surface area contributed by atoms with Gasteiger partial charge in [0.2, 0.25) is 11.8 Å². The number of hydrogen-bond donors (Lipinski definition) is 1. The third-order valence-electron chi connectivity index (χ3n) is 4.99. The van der Waals surface area contributed by atoms with Gasteiger partial charge in [0, 0.05) is 18.8 Å². The third kappa shape index (κ3) is 3.10. The van der Waals surface area contributed by atoms with Gasteiger partial charge in [-0.1, -0.05) is 24.9 Å². The smallest absolute Gasteiger partial charge is 0.248 e. The van der Waals surface area contributed by atoms with Gasteiger partial charge in [0.25, 0.3) is 0 Å². The van der Waals surface area contributed by atoms with Crippen LogP contribution in [-0.2, 0) is 5.54 Å². The van der Waals surface area contributed by atoms with E-state index in [0.29, 0.717) is 30.5 Å². The van der Waals surface area contributed by atoms with Crippen LogP contribution in [-0.4, -0.2) is 16.1 Å². The predicted octanol–water partition coefficient (Wildman–Crippen LogP) is 3.73. The molecule has 0 aliphatic heterocycles. The molecule has 1 heterocycles. The molecule has 2 fully saturated rings. The molecule has 0 spiro atoms. The molecule has 0 saturated heterocycles. The van der Waals surface area contributed by atoms with Gasteiger partial charge in [-0.25, -0.2) is 8.78 Å². The molecule has 2 N–H and O–H groups in total. The van der Waals surface area contributed by atoms with Crippen molar-refractivity contribution < 1.29 is 13.3 Å². The van der Waals surface area contributed by atoms with Crippen LogP contribution in [0.4, 0.5) is 8.78 Å². The van der Waals surface area contributed by atoms with Gasteiger partial charge in [-0.3, -0.25) is 0 Å². The largest absolute Gasteiger partial charge is 0.339 e. The summed E-state index contributed by atoms with van der Waals surface area (Å²) >= 11 is 0. The molecule has 1 aromatic heterocycles. The number of alkyl halides is 2. The van der Waals surface area contributed by atoms with E-state index < -0.39 is 11.5 Å². The summed E-state index contributed by atoms with van der Waals surface area (Å²) < 4.78 is 31.8. The lowest BCUT2D eigenvalue weighted by atomic mass is 9.76. The van der Waals surface area contributed by atoms with E-state index in [1.54, 1.807) is 0 Å². The monoisotopic (exact) mass is 299 g/mol. The number of hydrogen-bond acceptors (Lipinski definition) is 4. The first-order chi connectivity index (χ1) is 9.88. The minimum absolute atomic E-state index is 0.0458. The van der Waals surface area contributed by atoms with Crippen molar-refractivity contribution in [1.82, 2.24) is 10.1 Å². The Bertz CT molecular complexity index is 495. The van der Waals surface area contributed by atoms with E-state index in [0.717, 1.165) is 19.3 Å². The van der Waals surface area contributed by atoms with Crippen molar-refractivity contribution in [2.24, 2.45) is 11.7 Å². The molecule has 2 atom stereocenters. The highest BCUT2D eigenvalue weighted by atomic mass is 19.3. The fourth-order valence-electron chi connectivity index (χ4n) is 3.69. The molecule has 1 aromatic rings. The lowest BCUT2D eigenvalue weighted by Gasteiger charge is -2.33. The first-order valence-corrected chi connectivity index (χ1v) is 7.89. The zero-order valence-corrected chi connectivity index (χ0v) is 12.4. The molecule has 0 radical (unpaired) electrons. The maximum absolute atomic E-state index is 13.2. The standard InChI is InChI=1S/C15H23F2N3O/c1-10-3-2-6-14(18,9-10)13-19-12(21-20-13)11-4-7-15(16,17)8-5-11/h10-11H,2-9,18H2,1H3. The summed E-state index contributed by atoms with van der Waals surface area (Å²) in [7, 11) is 0. The molecule has 2 aliphatic rings. The van der Waals surface area contributed by atoms with Crippen LogP contribution in [0, 0.1) is 5.92 Å². The lowest BCUT2D eigenvalue weighted by molar-refractivity contribution is -0.0402. The van der Waals surface area contributed by atoms with Crippen LogP contribution in [0.2, 0.25) is 0 Å². The van der Waals surface area contributed by atoms with E-state index >= 15 is 0 Å². The van der Waals surface area contributed by atoms with E-state index in [2.05, 4.69) is 17.1 Å². The highest BCUT2D eigenvalue weighted by Crippen LogP contribution is 2.41. The first kappa shape index (κ1) is 14.9. The molecule has 0 aromatic carbocycles. The van der Waals surface area contributed by atoms with Crippen molar-refractivity contribution in [2.45, 2.75) is 75.7 Å². The van der Waals surface area contributed by atoms with Gasteiger partial charge in [0.15, 0.2) is 5.82 Å². The molecule has 6 heteroatoms. The Morgan fingerprint density at radius 3 is 2.57 bits per heavy atom. The van der Waals surface area contributed by atoms with Crippen molar-refractivity contribution >= 4 is 0 Å². The van der Waals surface area contributed by atoms with Crippen LogP contribution in [0.3, 0.4) is 0 Å². The van der Waals surface area contributed by atoms with Crippen LogP contribution in [0.1, 0.15) is 75.9 Å². The molecule has 4 nitrogen and oxygen atoms in total. The van der Waals surface area contributed by atoms with Gasteiger partial charge in [0.05, 0.1) is 5.54 Å². The number of nitrogens with zero attached hydrogens (tertiary/aromatic N) is 2. The summed E-state index contributed by atoms with van der Waals surface area (Å²) in [4.78, 5) is 4.46. The zero-order chi connectivity index (χ0) is 15.1. The number of aromatic nitrogens is 2. The quantitative estimate of drug-likeness (QED) is 0.903. The Kier molecular flexibility index (Phi) is 3.76. The van der Waals surface area contributed by atoms with Crippen LogP contribution < -0.4 is 5.73 Å². The number of rotatable bonds is 2. The van der Waals surface area contributed by atoms with E-state index in [1.807, 2.05) is 0 Å². The minimum Gasteiger partial charge on any atom is -0.339 e. The van der Waals surface area contributed by atoms with Crippen molar-refractivity contribution in [2.75, 3.05) is 0 Å². The highest BCUT2D eigenvalue weighted by Gasteiger charge is 2.40. The van der Waals surface area contributed by atoms with Gasteiger partial charge >= 0.3 is 0 Å². The van der Waals surface area contributed by atoms with E-state index in [1.165, 1.54) is 6.42 Å². The fraction of sp³-hybridized carbons (Fsp3) is 0.867. The molecule has 3 rings (SSSR count). The lowest BCUT2D eigenvalue weighted by Crippen LogP contribution is -2.42. The summed E-state index contributed by atoms with van der Waals surface area (Å²) in [5.41, 5.74) is 5.94. The number of nitrogens with two attached hydrogens (primary N) is 1. The molecule has 118 valence electrons. The number of halogens is 2. The topological polar surface area (TPSA) is 64.9 Å². The second-order valence-electron chi connectivity index (χ2n) is 6.94. The van der Waals surface area contributed by atoms with Gasteiger partial charge in [-0.2, -0.15) is 4.98 Å². The molecular weight excluding hydrogens is 276 g/mol. The molecule has 2 unspecified atom stereocenters. The molecule has 2 saturated carbocycles. The zero-order valence-electron chi connectivity index (χ0n) is 12.4. The summed E-state index contributed by atoms with van der Waals surface area (Å²) in [5.74, 6) is -0.979. The summed E-state index contributed by atoms with van der Waals surface area (Å²) in [6, 6.07) is 0. The Balaban J connectivity index is 1.72. The van der Waals surface area contributed by atoms with E-state index in [9.17, 15) is 8.78 Å². The van der Waals surface area contributed by atoms with Gasteiger partial charge in [0.1, 0.15) is 0 Å². The molecule has 21 heavy (non-hydrogen) atoms. The normalized spacial score (nSPS) is 34.0. The molecular formula is C15H23F2N3O. The maximum atomic E-state index is 13.2. The summed E-state index contributed by atoms with van der Waals surface area (Å²) in [6.07, 6.45) is 4.58. The van der Waals surface area contributed by atoms with Crippen LogP contribution in [0.15, 0.2) is 4.52 Å². The Hall–Kier alpha value is -1.04. The van der Waals surface area contributed by atoms with Crippen molar-refractivity contribution in [3.63, 3.8) is 0 Å². The predicted molar refractivity (Wildman–Crippen MR) is 74.0 cm³/mol. The Morgan fingerprint density at radius 1 is 1.19 bits per heavy atom. The summed E-state index contributed by atoms with van der Waals surface area (Å²) in [6.45, 7) is 2.19. The maximum Gasteiger partial charge on any atom is 0.248 e. The van der Waals surface area contributed by atoms with Gasteiger partial charge in [-0.05, 0) is 31.6 Å².